The number of halogens is 2. The fourth-order valence-corrected chi connectivity index (χ4v) is 5.47. The minimum atomic E-state index is -1.42. The zero-order valence-electron chi connectivity index (χ0n) is 17.6. The van der Waals surface area contributed by atoms with Crippen LogP contribution in [0.4, 0.5) is 10.1 Å². The molecule has 160 valence electrons. The molecule has 1 amide bonds. The van der Waals surface area contributed by atoms with Gasteiger partial charge in [-0.25, -0.2) is 4.39 Å². The van der Waals surface area contributed by atoms with Gasteiger partial charge in [0, 0.05) is 41.2 Å². The predicted octanol–water partition coefficient (Wildman–Crippen LogP) is 5.95. The first-order chi connectivity index (χ1) is 14.3. The van der Waals surface area contributed by atoms with Gasteiger partial charge in [-0.15, -0.1) is 0 Å². The summed E-state index contributed by atoms with van der Waals surface area (Å²) in [6.07, 6.45) is 5.23. The molecule has 2 aliphatic heterocycles. The number of hydrogen-bond donors (Lipinski definition) is 0. The molecule has 1 saturated heterocycles. The number of piperidine rings is 1. The third kappa shape index (κ3) is 3.74. The van der Waals surface area contributed by atoms with Gasteiger partial charge in [0.15, 0.2) is 0 Å². The van der Waals surface area contributed by atoms with E-state index in [4.69, 9.17) is 11.6 Å². The van der Waals surface area contributed by atoms with E-state index in [1.54, 1.807) is 47.4 Å². The Hall–Kier alpha value is -1.63. The van der Waals surface area contributed by atoms with Gasteiger partial charge in [-0.1, -0.05) is 30.5 Å². The number of hydrogen-bond acceptors (Lipinski definition) is 4. The Morgan fingerprint density at radius 3 is 2.63 bits per heavy atom. The molecule has 1 fully saturated rings. The second-order valence-electron chi connectivity index (χ2n) is 8.55. The normalized spacial score (nSPS) is 20.4. The lowest BCUT2D eigenvalue weighted by Gasteiger charge is -2.37. The number of anilines is 1. The maximum Gasteiger partial charge on any atom is 0.259 e. The van der Waals surface area contributed by atoms with E-state index in [9.17, 15) is 4.79 Å². The van der Waals surface area contributed by atoms with Crippen molar-refractivity contribution in [2.24, 2.45) is 0 Å². The Balaban J connectivity index is 1.61. The summed E-state index contributed by atoms with van der Waals surface area (Å²) in [5, 5.41) is 0.596. The van der Waals surface area contributed by atoms with Crippen LogP contribution >= 0.6 is 23.5 Å². The van der Waals surface area contributed by atoms with Gasteiger partial charge in [-0.2, -0.15) is 0 Å². The summed E-state index contributed by atoms with van der Waals surface area (Å²) in [5.74, 6) is 0.955. The molecule has 0 bridgehead atoms. The summed E-state index contributed by atoms with van der Waals surface area (Å²) < 4.78 is 18.1. The second kappa shape index (κ2) is 8.13. The number of aromatic nitrogens is 1. The van der Waals surface area contributed by atoms with Crippen molar-refractivity contribution in [2.45, 2.75) is 51.2 Å². The van der Waals surface area contributed by atoms with Crippen LogP contribution in [-0.4, -0.2) is 34.0 Å². The van der Waals surface area contributed by atoms with E-state index in [-0.39, 0.29) is 5.91 Å². The van der Waals surface area contributed by atoms with E-state index in [1.807, 2.05) is 19.9 Å². The van der Waals surface area contributed by atoms with Crippen molar-refractivity contribution in [1.29, 1.82) is 0 Å². The summed E-state index contributed by atoms with van der Waals surface area (Å²) >= 11 is 7.98. The third-order valence-electron chi connectivity index (χ3n) is 6.13. The fourth-order valence-electron chi connectivity index (χ4n) is 4.42. The lowest BCUT2D eigenvalue weighted by Crippen LogP contribution is -2.40. The summed E-state index contributed by atoms with van der Waals surface area (Å²) in [6.45, 7) is 7.54. The molecule has 0 N–H and O–H groups in total. The number of pyridine rings is 1. The van der Waals surface area contributed by atoms with Crippen LogP contribution in [0.1, 0.15) is 61.5 Å². The molecule has 0 saturated carbocycles. The lowest BCUT2D eigenvalue weighted by atomic mass is 9.87. The summed E-state index contributed by atoms with van der Waals surface area (Å²) in [4.78, 5) is 19.2. The van der Waals surface area contributed by atoms with Crippen LogP contribution in [0.5, 0.6) is 0 Å². The molecule has 3 heterocycles. The highest BCUT2D eigenvalue weighted by Gasteiger charge is 2.45. The van der Waals surface area contributed by atoms with Crippen LogP contribution < -0.4 is 4.90 Å². The van der Waals surface area contributed by atoms with Crippen molar-refractivity contribution in [2.75, 3.05) is 23.7 Å². The van der Waals surface area contributed by atoms with Gasteiger partial charge >= 0.3 is 0 Å². The van der Waals surface area contributed by atoms with E-state index >= 15 is 4.39 Å². The molecule has 2 aliphatic rings. The first kappa shape index (κ1) is 21.6. The Bertz CT molecular complexity index is 959. The van der Waals surface area contributed by atoms with Gasteiger partial charge in [-0.3, -0.25) is 19.0 Å². The lowest BCUT2D eigenvalue weighted by molar-refractivity contribution is 0.0898. The van der Waals surface area contributed by atoms with Crippen LogP contribution in [0.25, 0.3) is 0 Å². The number of carbonyl (C=O) groups excluding carboxylic acids is 1. The maximum atomic E-state index is 15.9. The molecule has 30 heavy (non-hydrogen) atoms. The third-order valence-corrected chi connectivity index (χ3v) is 7.68. The minimum absolute atomic E-state index is 0.107. The number of carbonyl (C=O) groups is 1. The van der Waals surface area contributed by atoms with Gasteiger partial charge in [0.25, 0.3) is 5.91 Å². The number of benzene rings is 1. The number of fused-ring (bicyclic) bond motifs is 1. The molecule has 0 spiro atoms. The molecule has 0 radical (unpaired) electrons. The van der Waals surface area contributed by atoms with Crippen molar-refractivity contribution in [3.05, 3.63) is 58.4 Å². The molecule has 2 aromatic rings. The number of amides is 1. The molecular formula is C23H27ClFN3OS. The summed E-state index contributed by atoms with van der Waals surface area (Å²) in [6, 6.07) is 7.13. The van der Waals surface area contributed by atoms with Crippen molar-refractivity contribution in [1.82, 2.24) is 9.29 Å². The maximum absolute atomic E-state index is 15.9. The van der Waals surface area contributed by atoms with Crippen LogP contribution in [-0.2, 0) is 11.2 Å². The molecular weight excluding hydrogens is 421 g/mol. The highest BCUT2D eigenvalue weighted by molar-refractivity contribution is 7.97. The van der Waals surface area contributed by atoms with Crippen molar-refractivity contribution < 1.29 is 9.18 Å². The van der Waals surface area contributed by atoms with Crippen molar-refractivity contribution in [3.63, 3.8) is 0 Å². The van der Waals surface area contributed by atoms with Crippen LogP contribution in [0.15, 0.2) is 36.7 Å². The quantitative estimate of drug-likeness (QED) is 0.530. The highest BCUT2D eigenvalue weighted by Crippen LogP contribution is 2.44. The fraction of sp³-hybridized carbons (Fsp3) is 0.478. The first-order valence-corrected chi connectivity index (χ1v) is 11.8. The van der Waals surface area contributed by atoms with Crippen molar-refractivity contribution in [3.8, 4) is 0 Å². The topological polar surface area (TPSA) is 36.4 Å². The Kier molecular flexibility index (Phi) is 5.86. The average Bonchev–Trinajstić information content (AvgIpc) is 2.92. The monoisotopic (exact) mass is 447 g/mol. The van der Waals surface area contributed by atoms with E-state index in [0.29, 0.717) is 47.8 Å². The first-order valence-electron chi connectivity index (χ1n) is 10.4. The van der Waals surface area contributed by atoms with E-state index in [0.717, 1.165) is 17.7 Å². The number of rotatable bonds is 5. The predicted molar refractivity (Wildman–Crippen MR) is 122 cm³/mol. The van der Waals surface area contributed by atoms with E-state index in [1.165, 1.54) is 0 Å². The van der Waals surface area contributed by atoms with E-state index < -0.39 is 11.2 Å². The Morgan fingerprint density at radius 2 is 1.93 bits per heavy atom. The molecule has 1 aromatic carbocycles. The largest absolute Gasteiger partial charge is 0.297 e. The van der Waals surface area contributed by atoms with E-state index in [2.05, 4.69) is 16.2 Å². The smallest absolute Gasteiger partial charge is 0.259 e. The zero-order chi connectivity index (χ0) is 21.5. The molecule has 1 aromatic heterocycles. The number of alkyl halides is 1. The van der Waals surface area contributed by atoms with Gasteiger partial charge in [0.1, 0.15) is 5.67 Å². The molecule has 4 rings (SSSR count). The Morgan fingerprint density at radius 1 is 1.20 bits per heavy atom. The summed E-state index contributed by atoms with van der Waals surface area (Å²) in [5.41, 5.74) is 0.663. The van der Waals surface area contributed by atoms with Crippen LogP contribution in [0.3, 0.4) is 0 Å². The minimum Gasteiger partial charge on any atom is -0.297 e. The van der Waals surface area contributed by atoms with Crippen LogP contribution in [0.2, 0.25) is 5.02 Å². The van der Waals surface area contributed by atoms with Gasteiger partial charge < -0.3 is 0 Å². The van der Waals surface area contributed by atoms with Gasteiger partial charge in [-0.05, 0) is 62.9 Å². The summed E-state index contributed by atoms with van der Waals surface area (Å²) in [7, 11) is 0. The molecule has 7 heteroatoms. The molecule has 0 atom stereocenters. The highest BCUT2D eigenvalue weighted by atomic mass is 35.5. The van der Waals surface area contributed by atoms with Gasteiger partial charge in [0.05, 0.1) is 17.4 Å². The van der Waals surface area contributed by atoms with Gasteiger partial charge in [0.2, 0.25) is 0 Å². The second-order valence-corrected chi connectivity index (χ2v) is 10.2. The zero-order valence-corrected chi connectivity index (χ0v) is 19.2. The molecule has 0 aliphatic carbocycles. The Labute approximate surface area is 186 Å². The molecule has 4 nitrogen and oxygen atoms in total. The number of nitrogens with zero attached hydrogens (tertiary/aromatic N) is 3. The van der Waals surface area contributed by atoms with Crippen LogP contribution in [0, 0.1) is 0 Å². The molecule has 0 unspecified atom stereocenters. The SMILES string of the molecule is CCCSN1CCC(F)(c2cncc(N3C(=O)c4ccc(Cl)cc4C3(C)C)c2)CC1. The van der Waals surface area contributed by atoms with Crippen molar-refractivity contribution >= 4 is 35.1 Å². The standard InChI is InChI=1S/C23H27ClFN3OS/c1-4-11-30-27-9-7-23(25,8-10-27)16-12-18(15-26-14-16)28-21(29)19-6-5-17(24)13-20(19)22(28,2)3/h5-6,12-15H,4,7-11H2,1-3H3. The average molecular weight is 448 g/mol.